The van der Waals surface area contributed by atoms with Crippen LogP contribution in [0.15, 0.2) is 36.7 Å². The van der Waals surface area contributed by atoms with Gasteiger partial charge in [0.05, 0.1) is 28.0 Å². The summed E-state index contributed by atoms with van der Waals surface area (Å²) < 4.78 is 1.94. The van der Waals surface area contributed by atoms with Gasteiger partial charge in [0.2, 0.25) is 0 Å². The number of benzene rings is 1. The Balaban J connectivity index is 1.48. The molecule has 2 fully saturated rings. The number of hydrogen-bond acceptors (Lipinski definition) is 2. The molecule has 2 atom stereocenters. The lowest BCUT2D eigenvalue weighted by Gasteiger charge is -2.38. The highest BCUT2D eigenvalue weighted by molar-refractivity contribution is 6.33. The van der Waals surface area contributed by atoms with Crippen molar-refractivity contribution >= 4 is 34.9 Å². The molecular formula is C17H18Cl2N4O. The molecule has 2 aromatic rings. The van der Waals surface area contributed by atoms with Crippen molar-refractivity contribution in [1.82, 2.24) is 14.7 Å². The van der Waals surface area contributed by atoms with Crippen LogP contribution >= 0.6 is 23.2 Å². The molecule has 24 heavy (non-hydrogen) atoms. The van der Waals surface area contributed by atoms with Crippen LogP contribution in [0.4, 0.5) is 10.5 Å². The molecule has 126 valence electrons. The summed E-state index contributed by atoms with van der Waals surface area (Å²) in [5.41, 5.74) is 0.657. The van der Waals surface area contributed by atoms with Crippen molar-refractivity contribution in [1.29, 1.82) is 0 Å². The molecule has 1 aromatic carbocycles. The number of carbonyl (C=O) groups excluding carboxylic acids is 1. The zero-order chi connectivity index (χ0) is 16.7. The van der Waals surface area contributed by atoms with Crippen molar-refractivity contribution in [2.24, 2.45) is 0 Å². The fourth-order valence-electron chi connectivity index (χ4n) is 3.95. The third-order valence-corrected chi connectivity index (χ3v) is 5.53. The quantitative estimate of drug-likeness (QED) is 0.846. The molecule has 0 radical (unpaired) electrons. The van der Waals surface area contributed by atoms with E-state index in [1.165, 1.54) is 0 Å². The Kier molecular flexibility index (Phi) is 4.14. The lowest BCUT2D eigenvalue weighted by molar-refractivity contribution is 0.129. The summed E-state index contributed by atoms with van der Waals surface area (Å²) in [5.74, 6) is 0. The summed E-state index contributed by atoms with van der Waals surface area (Å²) in [6, 6.07) is 8.03. The summed E-state index contributed by atoms with van der Waals surface area (Å²) in [5, 5.41) is 8.49. The molecule has 2 saturated heterocycles. The van der Waals surface area contributed by atoms with E-state index in [1.807, 2.05) is 34.0 Å². The minimum atomic E-state index is -0.0625. The number of hydrogen-bond donors (Lipinski definition) is 1. The molecule has 0 saturated carbocycles. The van der Waals surface area contributed by atoms with Crippen LogP contribution in [-0.4, -0.2) is 32.8 Å². The van der Waals surface area contributed by atoms with Crippen LogP contribution in [0.1, 0.15) is 31.7 Å². The fourth-order valence-corrected chi connectivity index (χ4v) is 4.28. The Morgan fingerprint density at radius 3 is 2.46 bits per heavy atom. The number of carbonyl (C=O) groups is 1. The number of aromatic nitrogens is 2. The minimum absolute atomic E-state index is 0.0625. The maximum absolute atomic E-state index is 12.7. The number of amides is 2. The number of nitrogens with one attached hydrogen (secondary N) is 1. The smallest absolute Gasteiger partial charge is 0.318 e. The van der Waals surface area contributed by atoms with Gasteiger partial charge in [0, 0.05) is 18.3 Å². The molecule has 0 aliphatic carbocycles. The van der Waals surface area contributed by atoms with Crippen molar-refractivity contribution in [3.05, 3.63) is 46.7 Å². The van der Waals surface area contributed by atoms with Crippen LogP contribution in [0.25, 0.3) is 0 Å². The Bertz CT molecular complexity index is 749. The van der Waals surface area contributed by atoms with Crippen molar-refractivity contribution in [3.63, 3.8) is 0 Å². The molecule has 2 unspecified atom stereocenters. The maximum atomic E-state index is 12.7. The number of nitrogens with zero attached hydrogens (tertiary/aromatic N) is 3. The molecule has 7 heteroatoms. The maximum Gasteiger partial charge on any atom is 0.322 e. The first-order valence-corrected chi connectivity index (χ1v) is 8.91. The van der Waals surface area contributed by atoms with Gasteiger partial charge in [-0.15, -0.1) is 0 Å². The van der Waals surface area contributed by atoms with Crippen molar-refractivity contribution in [2.75, 3.05) is 5.32 Å². The molecule has 2 bridgehead atoms. The first-order valence-electron chi connectivity index (χ1n) is 8.15. The third kappa shape index (κ3) is 2.87. The van der Waals surface area contributed by atoms with Crippen LogP contribution in [0.2, 0.25) is 10.0 Å². The number of piperidine rings is 1. The number of halogens is 2. The standard InChI is InChI=1S/C17H18Cl2N4O/c18-11-9-20-22(10-11)14-7-12-5-6-13(8-14)23(12)17(24)21-16-4-2-1-3-15(16)19/h1-4,9-10,12-14H,5-8H2,(H,21,24). The van der Waals surface area contributed by atoms with Crippen LogP contribution in [0, 0.1) is 0 Å². The predicted octanol–water partition coefficient (Wildman–Crippen LogP) is 4.59. The van der Waals surface area contributed by atoms with E-state index in [0.29, 0.717) is 21.8 Å². The van der Waals surface area contributed by atoms with Gasteiger partial charge >= 0.3 is 6.03 Å². The second-order valence-electron chi connectivity index (χ2n) is 6.47. The average molecular weight is 365 g/mol. The monoisotopic (exact) mass is 364 g/mol. The normalized spacial score (nSPS) is 25.8. The van der Waals surface area contributed by atoms with E-state index >= 15 is 0 Å². The fraction of sp³-hybridized carbons (Fsp3) is 0.412. The molecule has 1 aromatic heterocycles. The first-order chi connectivity index (χ1) is 11.6. The van der Waals surface area contributed by atoms with Gasteiger partial charge in [0.15, 0.2) is 0 Å². The van der Waals surface area contributed by atoms with Gasteiger partial charge in [-0.05, 0) is 37.8 Å². The molecule has 3 heterocycles. The predicted molar refractivity (Wildman–Crippen MR) is 94.6 cm³/mol. The number of fused-ring (bicyclic) bond motifs is 2. The minimum Gasteiger partial charge on any atom is -0.318 e. The van der Waals surface area contributed by atoms with Crippen LogP contribution in [0.3, 0.4) is 0 Å². The molecule has 2 aliphatic rings. The second-order valence-corrected chi connectivity index (χ2v) is 7.31. The number of anilines is 1. The molecule has 2 aliphatic heterocycles. The van der Waals surface area contributed by atoms with Crippen molar-refractivity contribution < 1.29 is 4.79 Å². The van der Waals surface area contributed by atoms with Gasteiger partial charge < -0.3 is 10.2 Å². The van der Waals surface area contributed by atoms with Gasteiger partial charge in [0.25, 0.3) is 0 Å². The van der Waals surface area contributed by atoms with E-state index in [-0.39, 0.29) is 18.1 Å². The van der Waals surface area contributed by atoms with E-state index < -0.39 is 0 Å². The molecule has 4 rings (SSSR count). The van der Waals surface area contributed by atoms with E-state index in [4.69, 9.17) is 23.2 Å². The highest BCUT2D eigenvalue weighted by Gasteiger charge is 2.44. The summed E-state index contributed by atoms with van der Waals surface area (Å²) in [7, 11) is 0. The molecule has 2 amide bonds. The first kappa shape index (κ1) is 15.8. The van der Waals surface area contributed by atoms with E-state index in [0.717, 1.165) is 25.7 Å². The van der Waals surface area contributed by atoms with E-state index in [9.17, 15) is 4.79 Å². The van der Waals surface area contributed by atoms with Crippen molar-refractivity contribution in [2.45, 2.75) is 43.8 Å². The zero-order valence-corrected chi connectivity index (χ0v) is 14.5. The van der Waals surface area contributed by atoms with Gasteiger partial charge in [-0.2, -0.15) is 5.10 Å². The summed E-state index contributed by atoms with van der Waals surface area (Å²) >= 11 is 12.1. The van der Waals surface area contributed by atoms with Crippen LogP contribution in [0.5, 0.6) is 0 Å². The summed E-state index contributed by atoms with van der Waals surface area (Å²) in [6.07, 6.45) is 7.41. The number of rotatable bonds is 2. The largest absolute Gasteiger partial charge is 0.322 e. The van der Waals surface area contributed by atoms with Gasteiger partial charge in [-0.25, -0.2) is 4.79 Å². The Morgan fingerprint density at radius 1 is 1.12 bits per heavy atom. The van der Waals surface area contributed by atoms with Gasteiger partial charge in [-0.1, -0.05) is 35.3 Å². The average Bonchev–Trinajstić information content (AvgIpc) is 3.11. The summed E-state index contributed by atoms with van der Waals surface area (Å²) in [6.45, 7) is 0. The topological polar surface area (TPSA) is 50.2 Å². The highest BCUT2D eigenvalue weighted by Crippen LogP contribution is 2.41. The molecule has 0 spiro atoms. The van der Waals surface area contributed by atoms with Gasteiger partial charge in [0.1, 0.15) is 0 Å². The lowest BCUT2D eigenvalue weighted by Crippen LogP contribution is -2.48. The van der Waals surface area contributed by atoms with Gasteiger partial charge in [-0.3, -0.25) is 4.68 Å². The Morgan fingerprint density at radius 2 is 1.83 bits per heavy atom. The molecular weight excluding hydrogens is 347 g/mol. The van der Waals surface area contributed by atoms with E-state index in [1.54, 1.807) is 12.3 Å². The van der Waals surface area contributed by atoms with Crippen LogP contribution in [-0.2, 0) is 0 Å². The van der Waals surface area contributed by atoms with Crippen LogP contribution < -0.4 is 5.32 Å². The third-order valence-electron chi connectivity index (χ3n) is 5.00. The highest BCUT2D eigenvalue weighted by atomic mass is 35.5. The number of para-hydroxylation sites is 1. The Hall–Kier alpha value is -1.72. The molecule has 5 nitrogen and oxygen atoms in total. The summed E-state index contributed by atoms with van der Waals surface area (Å²) in [4.78, 5) is 14.7. The number of urea groups is 1. The Labute approximate surface area is 150 Å². The second kappa shape index (κ2) is 6.30. The van der Waals surface area contributed by atoms with Crippen molar-refractivity contribution in [3.8, 4) is 0 Å². The SMILES string of the molecule is O=C(Nc1ccccc1Cl)N1C2CCC1CC(n1cc(Cl)cn1)C2. The zero-order valence-electron chi connectivity index (χ0n) is 13.0. The van der Waals surface area contributed by atoms with E-state index in [2.05, 4.69) is 10.4 Å². The lowest BCUT2D eigenvalue weighted by atomic mass is 9.98. The molecule has 1 N–H and O–H groups in total.